The van der Waals surface area contributed by atoms with Crippen molar-refractivity contribution in [1.82, 2.24) is 14.5 Å². The van der Waals surface area contributed by atoms with Gasteiger partial charge in [-0.3, -0.25) is 0 Å². The van der Waals surface area contributed by atoms with Gasteiger partial charge in [-0.1, -0.05) is 6.07 Å². The van der Waals surface area contributed by atoms with Crippen molar-refractivity contribution < 1.29 is 14.6 Å². The highest BCUT2D eigenvalue weighted by molar-refractivity contribution is 9.10. The molecule has 0 aliphatic carbocycles. The SMILES string of the molecule is COCCn1c(CCc2ccc(Br)nc2)nc2ccc(C(=O)O)cc21. The van der Waals surface area contributed by atoms with Crippen LogP contribution in [0.4, 0.5) is 0 Å². The summed E-state index contributed by atoms with van der Waals surface area (Å²) in [7, 11) is 1.65. The summed E-state index contributed by atoms with van der Waals surface area (Å²) in [5.41, 5.74) is 3.00. The molecule has 0 aliphatic heterocycles. The quantitative estimate of drug-likeness (QED) is 0.612. The van der Waals surface area contributed by atoms with Crippen LogP contribution < -0.4 is 0 Å². The minimum atomic E-state index is -0.941. The zero-order chi connectivity index (χ0) is 17.8. The van der Waals surface area contributed by atoms with E-state index in [2.05, 4.69) is 25.9 Å². The Balaban J connectivity index is 1.92. The van der Waals surface area contributed by atoms with E-state index in [1.54, 1.807) is 25.3 Å². The van der Waals surface area contributed by atoms with Crippen LogP contribution in [0.1, 0.15) is 21.7 Å². The molecule has 130 valence electrons. The molecular weight excluding hydrogens is 386 g/mol. The number of rotatable bonds is 7. The molecule has 2 heterocycles. The molecule has 1 aromatic carbocycles. The number of ether oxygens (including phenoxy) is 1. The number of methoxy groups -OCH3 is 1. The fraction of sp³-hybridized carbons (Fsp3) is 0.278. The molecule has 0 amide bonds. The Morgan fingerprint density at radius 2 is 2.12 bits per heavy atom. The molecule has 0 fully saturated rings. The van der Waals surface area contributed by atoms with Gasteiger partial charge in [0.1, 0.15) is 10.4 Å². The molecule has 0 bridgehead atoms. The van der Waals surface area contributed by atoms with E-state index in [4.69, 9.17) is 4.74 Å². The highest BCUT2D eigenvalue weighted by Crippen LogP contribution is 2.20. The number of aryl methyl sites for hydroxylation is 2. The Labute approximate surface area is 153 Å². The second-order valence-electron chi connectivity index (χ2n) is 5.67. The second kappa shape index (κ2) is 7.76. The van der Waals surface area contributed by atoms with Gasteiger partial charge in [0.05, 0.1) is 23.2 Å². The molecular formula is C18H18BrN3O3. The molecule has 0 unspecified atom stereocenters. The lowest BCUT2D eigenvalue weighted by Crippen LogP contribution is -2.09. The molecule has 0 aliphatic rings. The number of aromatic carboxylic acids is 1. The zero-order valence-corrected chi connectivity index (χ0v) is 15.4. The van der Waals surface area contributed by atoms with E-state index in [1.165, 1.54) is 0 Å². The lowest BCUT2D eigenvalue weighted by molar-refractivity contribution is 0.0697. The Hall–Kier alpha value is -2.25. The first-order valence-electron chi connectivity index (χ1n) is 7.90. The van der Waals surface area contributed by atoms with Crippen molar-refractivity contribution in [1.29, 1.82) is 0 Å². The minimum Gasteiger partial charge on any atom is -0.478 e. The predicted molar refractivity (Wildman–Crippen MR) is 97.9 cm³/mol. The highest BCUT2D eigenvalue weighted by Gasteiger charge is 2.13. The number of carbonyl (C=O) groups is 1. The summed E-state index contributed by atoms with van der Waals surface area (Å²) in [6.45, 7) is 1.17. The molecule has 0 radical (unpaired) electrons. The number of hydrogen-bond acceptors (Lipinski definition) is 4. The van der Waals surface area contributed by atoms with Gasteiger partial charge >= 0.3 is 5.97 Å². The first-order valence-corrected chi connectivity index (χ1v) is 8.69. The normalized spacial score (nSPS) is 11.1. The monoisotopic (exact) mass is 403 g/mol. The number of benzene rings is 1. The molecule has 3 aromatic rings. The third-order valence-corrected chi connectivity index (χ3v) is 4.49. The van der Waals surface area contributed by atoms with Crippen LogP contribution in [0.3, 0.4) is 0 Å². The van der Waals surface area contributed by atoms with Gasteiger partial charge in [-0.2, -0.15) is 0 Å². The van der Waals surface area contributed by atoms with E-state index in [-0.39, 0.29) is 5.56 Å². The number of aromatic nitrogens is 3. The first kappa shape index (κ1) is 17.6. The zero-order valence-electron chi connectivity index (χ0n) is 13.8. The summed E-state index contributed by atoms with van der Waals surface area (Å²) in [5.74, 6) is -0.0265. The molecule has 1 N–H and O–H groups in total. The van der Waals surface area contributed by atoms with E-state index in [1.807, 2.05) is 22.9 Å². The lowest BCUT2D eigenvalue weighted by Gasteiger charge is -2.09. The topological polar surface area (TPSA) is 77.2 Å². The fourth-order valence-corrected chi connectivity index (χ4v) is 2.97. The van der Waals surface area contributed by atoms with Gasteiger partial charge in [-0.05, 0) is 52.2 Å². The van der Waals surface area contributed by atoms with E-state index in [0.717, 1.165) is 39.9 Å². The number of nitrogens with zero attached hydrogens (tertiary/aromatic N) is 3. The number of fused-ring (bicyclic) bond motifs is 1. The predicted octanol–water partition coefficient (Wildman–Crippen LogP) is 3.32. The fourth-order valence-electron chi connectivity index (χ4n) is 2.74. The van der Waals surface area contributed by atoms with Crippen LogP contribution in [0.15, 0.2) is 41.1 Å². The largest absolute Gasteiger partial charge is 0.478 e. The van der Waals surface area contributed by atoms with Crippen molar-refractivity contribution in [3.8, 4) is 0 Å². The van der Waals surface area contributed by atoms with Crippen LogP contribution in [0.5, 0.6) is 0 Å². The van der Waals surface area contributed by atoms with Gasteiger partial charge in [0.2, 0.25) is 0 Å². The highest BCUT2D eigenvalue weighted by atomic mass is 79.9. The number of pyridine rings is 1. The van der Waals surface area contributed by atoms with Gasteiger partial charge in [-0.25, -0.2) is 14.8 Å². The molecule has 0 saturated heterocycles. The third-order valence-electron chi connectivity index (χ3n) is 4.02. The molecule has 7 heteroatoms. The Bertz CT molecular complexity index is 890. The van der Waals surface area contributed by atoms with Gasteiger partial charge in [0.15, 0.2) is 0 Å². The third kappa shape index (κ3) is 4.05. The number of imidazole rings is 1. The molecule has 3 rings (SSSR count). The number of halogens is 1. The Morgan fingerprint density at radius 3 is 2.80 bits per heavy atom. The second-order valence-corrected chi connectivity index (χ2v) is 6.48. The van der Waals surface area contributed by atoms with E-state index < -0.39 is 5.97 Å². The number of carboxylic acid groups (broad SMARTS) is 1. The van der Waals surface area contributed by atoms with Crippen LogP contribution >= 0.6 is 15.9 Å². The van der Waals surface area contributed by atoms with Gasteiger partial charge in [0.25, 0.3) is 0 Å². The van der Waals surface area contributed by atoms with Crippen molar-refractivity contribution in [2.75, 3.05) is 13.7 Å². The molecule has 0 atom stereocenters. The van der Waals surface area contributed by atoms with Gasteiger partial charge in [0, 0.05) is 26.3 Å². The van der Waals surface area contributed by atoms with E-state index >= 15 is 0 Å². The maximum absolute atomic E-state index is 11.2. The van der Waals surface area contributed by atoms with Crippen LogP contribution in [0, 0.1) is 0 Å². The lowest BCUT2D eigenvalue weighted by atomic mass is 10.1. The van der Waals surface area contributed by atoms with Crippen LogP contribution in [0.2, 0.25) is 0 Å². The average Bonchev–Trinajstić information content (AvgIpc) is 2.96. The van der Waals surface area contributed by atoms with Crippen LogP contribution in [-0.4, -0.2) is 39.3 Å². The maximum atomic E-state index is 11.2. The molecule has 2 aromatic heterocycles. The van der Waals surface area contributed by atoms with E-state index in [0.29, 0.717) is 13.2 Å². The minimum absolute atomic E-state index is 0.259. The standard InChI is InChI=1S/C18H18BrN3O3/c1-25-9-8-22-15-10-13(18(23)24)4-5-14(15)21-17(22)7-3-12-2-6-16(19)20-11-12/h2,4-6,10-11H,3,7-9H2,1H3,(H,23,24). The summed E-state index contributed by atoms with van der Waals surface area (Å²) in [6, 6.07) is 8.96. The summed E-state index contributed by atoms with van der Waals surface area (Å²) in [4.78, 5) is 20.2. The van der Waals surface area contributed by atoms with Gasteiger partial charge < -0.3 is 14.4 Å². The Kier molecular flexibility index (Phi) is 5.45. The average molecular weight is 404 g/mol. The summed E-state index contributed by atoms with van der Waals surface area (Å²) in [6.07, 6.45) is 3.39. The summed E-state index contributed by atoms with van der Waals surface area (Å²) < 4.78 is 8.04. The van der Waals surface area contributed by atoms with Crippen LogP contribution in [-0.2, 0) is 24.1 Å². The molecule has 6 nitrogen and oxygen atoms in total. The summed E-state index contributed by atoms with van der Waals surface area (Å²) >= 11 is 3.33. The van der Waals surface area contributed by atoms with Crippen molar-refractivity contribution in [3.63, 3.8) is 0 Å². The molecule has 25 heavy (non-hydrogen) atoms. The smallest absolute Gasteiger partial charge is 0.335 e. The van der Waals surface area contributed by atoms with Crippen molar-refractivity contribution in [3.05, 3.63) is 58.1 Å². The number of hydrogen-bond donors (Lipinski definition) is 1. The van der Waals surface area contributed by atoms with Crippen molar-refractivity contribution in [2.45, 2.75) is 19.4 Å². The Morgan fingerprint density at radius 1 is 1.28 bits per heavy atom. The van der Waals surface area contributed by atoms with E-state index in [9.17, 15) is 9.90 Å². The number of carboxylic acids is 1. The molecule has 0 spiro atoms. The first-order chi connectivity index (χ1) is 12.1. The van der Waals surface area contributed by atoms with Crippen molar-refractivity contribution >= 4 is 32.9 Å². The van der Waals surface area contributed by atoms with Gasteiger partial charge in [-0.15, -0.1) is 0 Å². The summed E-state index contributed by atoms with van der Waals surface area (Å²) in [5, 5.41) is 9.23. The van der Waals surface area contributed by atoms with Crippen molar-refractivity contribution in [2.24, 2.45) is 0 Å². The molecule has 0 saturated carbocycles. The van der Waals surface area contributed by atoms with Crippen LogP contribution in [0.25, 0.3) is 11.0 Å². The maximum Gasteiger partial charge on any atom is 0.335 e.